The Morgan fingerprint density at radius 3 is 2.56 bits per heavy atom. The third kappa shape index (κ3) is 4.45. The second-order valence-corrected chi connectivity index (χ2v) is 9.08. The van der Waals surface area contributed by atoms with Crippen LogP contribution < -0.4 is 5.32 Å². The van der Waals surface area contributed by atoms with E-state index in [4.69, 9.17) is 34.8 Å². The molecule has 34 heavy (non-hydrogen) atoms. The van der Waals surface area contributed by atoms with Gasteiger partial charge < -0.3 is 5.32 Å². The minimum absolute atomic E-state index is 0.0421. The zero-order chi connectivity index (χ0) is 24.2. The van der Waals surface area contributed by atoms with Crippen LogP contribution in [0.25, 0.3) is 5.65 Å². The number of carbonyl (C=O) groups excluding carboxylic acids is 1. The maximum absolute atomic E-state index is 13.6. The molecule has 0 bridgehead atoms. The van der Waals surface area contributed by atoms with Crippen LogP contribution >= 0.6 is 34.8 Å². The maximum atomic E-state index is 13.6. The van der Waals surface area contributed by atoms with Crippen LogP contribution in [0.15, 0.2) is 36.7 Å². The van der Waals surface area contributed by atoms with E-state index in [0.717, 1.165) is 30.7 Å². The van der Waals surface area contributed by atoms with Gasteiger partial charge in [0.25, 0.3) is 5.91 Å². The Labute approximate surface area is 205 Å². The van der Waals surface area contributed by atoms with Gasteiger partial charge in [0.1, 0.15) is 16.3 Å². The molecule has 0 unspecified atom stereocenters. The lowest BCUT2D eigenvalue weighted by molar-refractivity contribution is -0.142. The van der Waals surface area contributed by atoms with E-state index < -0.39 is 17.8 Å². The lowest BCUT2D eigenvalue weighted by Crippen LogP contribution is -2.16. The fourth-order valence-electron chi connectivity index (χ4n) is 3.49. The van der Waals surface area contributed by atoms with E-state index in [1.807, 2.05) is 0 Å². The van der Waals surface area contributed by atoms with E-state index in [1.54, 1.807) is 18.2 Å². The number of halogens is 6. The number of rotatable bonds is 5. The molecular formula is C21H14Cl3F3N6O. The molecule has 0 aliphatic heterocycles. The first kappa shape index (κ1) is 22.9. The average Bonchev–Trinajstić information content (AvgIpc) is 3.44. The molecule has 4 aromatic rings. The van der Waals surface area contributed by atoms with E-state index in [2.05, 4.69) is 20.5 Å². The number of carbonyl (C=O) groups is 1. The molecule has 1 aliphatic rings. The molecule has 5 rings (SSSR count). The third-order valence-corrected chi connectivity index (χ3v) is 6.32. The van der Waals surface area contributed by atoms with Gasteiger partial charge in [0.15, 0.2) is 11.5 Å². The number of fused-ring (bicyclic) bond motifs is 1. The van der Waals surface area contributed by atoms with Crippen LogP contribution in [0.2, 0.25) is 15.1 Å². The number of nitrogens with one attached hydrogen (secondary N) is 1. The summed E-state index contributed by atoms with van der Waals surface area (Å²) in [4.78, 5) is 17.2. The first-order chi connectivity index (χ1) is 16.1. The van der Waals surface area contributed by atoms with Crippen molar-refractivity contribution in [1.29, 1.82) is 0 Å². The van der Waals surface area contributed by atoms with Crippen molar-refractivity contribution in [3.63, 3.8) is 0 Å². The zero-order valence-electron chi connectivity index (χ0n) is 17.1. The van der Waals surface area contributed by atoms with Gasteiger partial charge in [0, 0.05) is 17.8 Å². The molecule has 3 aromatic heterocycles. The maximum Gasteiger partial charge on any atom is 0.433 e. The van der Waals surface area contributed by atoms with Crippen LogP contribution in [-0.4, -0.2) is 30.3 Å². The van der Waals surface area contributed by atoms with E-state index in [9.17, 15) is 18.0 Å². The van der Waals surface area contributed by atoms with Gasteiger partial charge in [0.05, 0.1) is 22.8 Å². The predicted molar refractivity (Wildman–Crippen MR) is 121 cm³/mol. The van der Waals surface area contributed by atoms with Gasteiger partial charge >= 0.3 is 6.18 Å². The van der Waals surface area contributed by atoms with Crippen molar-refractivity contribution in [2.75, 3.05) is 5.32 Å². The molecule has 1 aliphatic carbocycles. The van der Waals surface area contributed by atoms with Gasteiger partial charge in [-0.3, -0.25) is 9.48 Å². The molecule has 1 aromatic carbocycles. The topological polar surface area (TPSA) is 77.1 Å². The Morgan fingerprint density at radius 2 is 1.88 bits per heavy atom. The van der Waals surface area contributed by atoms with E-state index in [-0.39, 0.29) is 28.0 Å². The Balaban J connectivity index is 1.43. The van der Waals surface area contributed by atoms with Gasteiger partial charge in [-0.05, 0) is 36.6 Å². The van der Waals surface area contributed by atoms with Crippen LogP contribution in [0.1, 0.15) is 46.1 Å². The molecular weight excluding hydrogens is 516 g/mol. The molecule has 1 amide bonds. The highest BCUT2D eigenvalue weighted by Gasteiger charge is 2.38. The van der Waals surface area contributed by atoms with Crippen LogP contribution in [0.5, 0.6) is 0 Å². The number of benzene rings is 1. The molecule has 7 nitrogen and oxygen atoms in total. The van der Waals surface area contributed by atoms with Crippen molar-refractivity contribution < 1.29 is 18.0 Å². The Kier molecular flexibility index (Phi) is 5.70. The normalized spacial score (nSPS) is 14.1. The molecule has 0 saturated heterocycles. The monoisotopic (exact) mass is 528 g/mol. The summed E-state index contributed by atoms with van der Waals surface area (Å²) >= 11 is 18.2. The number of alkyl halides is 3. The van der Waals surface area contributed by atoms with Crippen molar-refractivity contribution in [2.24, 2.45) is 0 Å². The van der Waals surface area contributed by atoms with E-state index >= 15 is 0 Å². The van der Waals surface area contributed by atoms with Gasteiger partial charge in [-0.2, -0.15) is 23.4 Å². The summed E-state index contributed by atoms with van der Waals surface area (Å²) in [5, 5.41) is 11.5. The lowest BCUT2D eigenvalue weighted by Gasteiger charge is -2.11. The van der Waals surface area contributed by atoms with Crippen LogP contribution in [-0.2, 0) is 12.7 Å². The summed E-state index contributed by atoms with van der Waals surface area (Å²) in [6.07, 6.45) is -0.605. The Bertz CT molecular complexity index is 1430. The van der Waals surface area contributed by atoms with Gasteiger partial charge in [-0.1, -0.05) is 40.9 Å². The first-order valence-corrected chi connectivity index (χ1v) is 11.2. The number of amides is 1. The summed E-state index contributed by atoms with van der Waals surface area (Å²) in [6, 6.07) is 6.08. The summed E-state index contributed by atoms with van der Waals surface area (Å²) < 4.78 is 42.9. The molecule has 1 N–H and O–H groups in total. The molecule has 176 valence electrons. The number of anilines is 1. The zero-order valence-corrected chi connectivity index (χ0v) is 19.3. The van der Waals surface area contributed by atoms with Crippen molar-refractivity contribution in [3.8, 4) is 0 Å². The quantitative estimate of drug-likeness (QED) is 0.340. The number of hydrogen-bond donors (Lipinski definition) is 1. The van der Waals surface area contributed by atoms with Gasteiger partial charge in [0.2, 0.25) is 0 Å². The van der Waals surface area contributed by atoms with Crippen molar-refractivity contribution >= 4 is 52.2 Å². The molecule has 1 saturated carbocycles. The number of nitrogens with zero attached hydrogens (tertiary/aromatic N) is 5. The van der Waals surface area contributed by atoms with Crippen molar-refractivity contribution in [3.05, 3.63) is 74.2 Å². The summed E-state index contributed by atoms with van der Waals surface area (Å²) in [5.41, 5.74) is -0.199. The van der Waals surface area contributed by atoms with Gasteiger partial charge in [-0.15, -0.1) is 0 Å². The second kappa shape index (κ2) is 8.44. The van der Waals surface area contributed by atoms with E-state index in [0.29, 0.717) is 26.8 Å². The minimum Gasteiger partial charge on any atom is -0.304 e. The SMILES string of the molecule is O=C(Nc1nn(Cc2ccc(Cl)c(Cl)c2)cc1Cl)c1cnn2c(C(F)(F)F)cc(C3CC3)nc12. The highest BCUT2D eigenvalue weighted by Crippen LogP contribution is 2.41. The highest BCUT2D eigenvalue weighted by atomic mass is 35.5. The Hall–Kier alpha value is -2.82. The third-order valence-electron chi connectivity index (χ3n) is 5.30. The molecule has 1 fully saturated rings. The summed E-state index contributed by atoms with van der Waals surface area (Å²) in [5.74, 6) is -0.742. The lowest BCUT2D eigenvalue weighted by atomic mass is 10.2. The van der Waals surface area contributed by atoms with Crippen LogP contribution in [0.3, 0.4) is 0 Å². The largest absolute Gasteiger partial charge is 0.433 e. The van der Waals surface area contributed by atoms with E-state index in [1.165, 1.54) is 10.9 Å². The first-order valence-electron chi connectivity index (χ1n) is 10.0. The summed E-state index contributed by atoms with van der Waals surface area (Å²) in [6.45, 7) is 0.296. The number of hydrogen-bond acceptors (Lipinski definition) is 4. The highest BCUT2D eigenvalue weighted by molar-refractivity contribution is 6.42. The molecule has 0 radical (unpaired) electrons. The minimum atomic E-state index is -4.66. The van der Waals surface area contributed by atoms with Gasteiger partial charge in [-0.25, -0.2) is 9.50 Å². The van der Waals surface area contributed by atoms with Crippen LogP contribution in [0.4, 0.5) is 19.0 Å². The molecule has 3 heterocycles. The average molecular weight is 530 g/mol. The second-order valence-electron chi connectivity index (χ2n) is 7.86. The molecule has 0 spiro atoms. The summed E-state index contributed by atoms with van der Waals surface area (Å²) in [7, 11) is 0. The Morgan fingerprint density at radius 1 is 1.12 bits per heavy atom. The van der Waals surface area contributed by atoms with Crippen molar-refractivity contribution in [1.82, 2.24) is 24.4 Å². The smallest absolute Gasteiger partial charge is 0.304 e. The standard InChI is InChI=1S/C21H14Cl3F3N6O/c22-13-4-1-10(5-14(13)23)8-32-9-15(24)18(31-32)30-20(34)12-7-28-33-17(21(25,26)27)6-16(11-2-3-11)29-19(12)33/h1,4-7,9,11H,2-3,8H2,(H,30,31,34). The predicted octanol–water partition coefficient (Wildman–Crippen LogP) is 6.08. The molecule has 13 heteroatoms. The van der Waals surface area contributed by atoms with Crippen molar-refractivity contribution in [2.45, 2.75) is 31.5 Å². The van der Waals surface area contributed by atoms with Crippen LogP contribution in [0, 0.1) is 0 Å². The fraction of sp³-hybridized carbons (Fsp3) is 0.238. The molecule has 0 atom stereocenters. The fourth-order valence-corrected chi connectivity index (χ4v) is 4.01. The number of aromatic nitrogens is 5.